The van der Waals surface area contributed by atoms with Crippen molar-refractivity contribution >= 4 is 29.0 Å². The van der Waals surface area contributed by atoms with Gasteiger partial charge in [-0.1, -0.05) is 0 Å². The van der Waals surface area contributed by atoms with Gasteiger partial charge in [0.05, 0.1) is 17.5 Å². The fourth-order valence-corrected chi connectivity index (χ4v) is 3.36. The van der Waals surface area contributed by atoms with Gasteiger partial charge in [-0.05, 0) is 55.0 Å². The minimum absolute atomic E-state index is 0.195. The van der Waals surface area contributed by atoms with Crippen LogP contribution in [0.5, 0.6) is 0 Å². The predicted octanol–water partition coefficient (Wildman–Crippen LogP) is 4.08. The van der Waals surface area contributed by atoms with Gasteiger partial charge in [0.15, 0.2) is 0 Å². The van der Waals surface area contributed by atoms with E-state index >= 15 is 0 Å². The molecular weight excluding hydrogens is 397 g/mol. The van der Waals surface area contributed by atoms with Crippen LogP contribution in [0.3, 0.4) is 0 Å². The summed E-state index contributed by atoms with van der Waals surface area (Å²) >= 11 is 0. The highest BCUT2D eigenvalue weighted by Crippen LogP contribution is 2.25. The molecule has 3 heterocycles. The lowest BCUT2D eigenvalue weighted by Gasteiger charge is -2.18. The Morgan fingerprint density at radius 2 is 1.81 bits per heavy atom. The van der Waals surface area contributed by atoms with Gasteiger partial charge in [0.2, 0.25) is 5.91 Å². The molecule has 31 heavy (non-hydrogen) atoms. The minimum Gasteiger partial charge on any atom is -0.311 e. The number of carbonyl (C=O) groups is 2. The van der Waals surface area contributed by atoms with Gasteiger partial charge < -0.3 is 10.2 Å². The van der Waals surface area contributed by atoms with Crippen LogP contribution in [0, 0.1) is 12.7 Å². The molecule has 0 bridgehead atoms. The van der Waals surface area contributed by atoms with Crippen molar-refractivity contribution in [2.75, 3.05) is 17.3 Å². The number of rotatable bonds is 4. The average molecular weight is 417 g/mol. The van der Waals surface area contributed by atoms with Gasteiger partial charge in [0.25, 0.3) is 5.91 Å². The third-order valence-electron chi connectivity index (χ3n) is 4.92. The lowest BCUT2D eigenvalue weighted by atomic mass is 10.1. The normalized spacial score (nSPS) is 10.8. The molecule has 1 aromatic carbocycles. The van der Waals surface area contributed by atoms with Crippen LogP contribution in [-0.4, -0.2) is 33.2 Å². The van der Waals surface area contributed by atoms with Crippen LogP contribution in [-0.2, 0) is 4.79 Å². The second kappa shape index (κ2) is 7.98. The van der Waals surface area contributed by atoms with Gasteiger partial charge in [0, 0.05) is 37.6 Å². The largest absolute Gasteiger partial charge is 0.311 e. The van der Waals surface area contributed by atoms with Gasteiger partial charge >= 0.3 is 0 Å². The zero-order chi connectivity index (χ0) is 22.1. The van der Waals surface area contributed by atoms with E-state index in [4.69, 9.17) is 0 Å². The minimum atomic E-state index is -0.358. The zero-order valence-corrected chi connectivity index (χ0v) is 17.3. The van der Waals surface area contributed by atoms with E-state index in [2.05, 4.69) is 15.3 Å². The van der Waals surface area contributed by atoms with Crippen LogP contribution in [0.4, 0.5) is 15.9 Å². The second-order valence-electron chi connectivity index (χ2n) is 7.20. The topological polar surface area (TPSA) is 79.6 Å². The summed E-state index contributed by atoms with van der Waals surface area (Å²) in [6.07, 6.45) is 5.09. The maximum atomic E-state index is 13.2. The Hall–Kier alpha value is -4.07. The summed E-state index contributed by atoms with van der Waals surface area (Å²) in [7, 11) is 1.65. The number of aryl methyl sites for hydroxylation is 1. The van der Waals surface area contributed by atoms with Crippen molar-refractivity contribution in [2.45, 2.75) is 13.8 Å². The molecule has 0 atom stereocenters. The first-order valence-electron chi connectivity index (χ1n) is 9.59. The molecule has 0 aliphatic carbocycles. The van der Waals surface area contributed by atoms with E-state index < -0.39 is 0 Å². The smallest absolute Gasteiger partial charge is 0.259 e. The Bertz CT molecular complexity index is 1280. The number of benzene rings is 1. The van der Waals surface area contributed by atoms with E-state index in [-0.39, 0.29) is 17.6 Å². The molecule has 2 amide bonds. The number of hydrogen-bond acceptors (Lipinski definition) is 4. The van der Waals surface area contributed by atoms with Gasteiger partial charge in [-0.15, -0.1) is 0 Å². The second-order valence-corrected chi connectivity index (χ2v) is 7.20. The Morgan fingerprint density at radius 3 is 2.45 bits per heavy atom. The van der Waals surface area contributed by atoms with Gasteiger partial charge in [-0.2, -0.15) is 0 Å². The van der Waals surface area contributed by atoms with E-state index in [1.165, 1.54) is 24.0 Å². The lowest BCUT2D eigenvalue weighted by Crippen LogP contribution is -2.26. The molecule has 8 heteroatoms. The number of nitrogens with one attached hydrogen (secondary N) is 1. The molecule has 0 radical (unpaired) electrons. The Balaban J connectivity index is 1.71. The summed E-state index contributed by atoms with van der Waals surface area (Å²) in [4.78, 5) is 34.5. The predicted molar refractivity (Wildman–Crippen MR) is 117 cm³/mol. The summed E-state index contributed by atoms with van der Waals surface area (Å²) in [5.41, 5.74) is 4.18. The SMILES string of the molecule is CC(=O)Nc1ccc(-c2cnc3c(C)cc(C(=O)N(C)c4ccc(F)cc4)cn23)cn1. The molecular formula is C23H20FN5O2. The quantitative estimate of drug-likeness (QED) is 0.543. The Morgan fingerprint density at radius 1 is 1.06 bits per heavy atom. The number of anilines is 2. The van der Waals surface area contributed by atoms with Crippen molar-refractivity contribution in [1.29, 1.82) is 0 Å². The van der Waals surface area contributed by atoms with Crippen LogP contribution in [0.2, 0.25) is 0 Å². The number of imidazole rings is 1. The van der Waals surface area contributed by atoms with Crippen LogP contribution < -0.4 is 10.2 Å². The van der Waals surface area contributed by atoms with E-state index in [1.807, 2.05) is 17.4 Å². The van der Waals surface area contributed by atoms with Crippen molar-refractivity contribution in [3.63, 3.8) is 0 Å². The Kier molecular flexibility index (Phi) is 5.21. The molecule has 0 saturated carbocycles. The third-order valence-corrected chi connectivity index (χ3v) is 4.92. The third kappa shape index (κ3) is 4.00. The molecule has 0 saturated heterocycles. The monoisotopic (exact) mass is 417 g/mol. The van der Waals surface area contributed by atoms with Crippen molar-refractivity contribution in [1.82, 2.24) is 14.4 Å². The van der Waals surface area contributed by atoms with Gasteiger partial charge in [0.1, 0.15) is 17.3 Å². The molecule has 0 spiro atoms. The lowest BCUT2D eigenvalue weighted by molar-refractivity contribution is -0.114. The zero-order valence-electron chi connectivity index (χ0n) is 17.3. The highest BCUT2D eigenvalue weighted by Gasteiger charge is 2.17. The van der Waals surface area contributed by atoms with Crippen LogP contribution in [0.25, 0.3) is 16.9 Å². The molecule has 0 aliphatic rings. The number of aromatic nitrogens is 3. The summed E-state index contributed by atoms with van der Waals surface area (Å²) in [5, 5.41) is 2.63. The van der Waals surface area contributed by atoms with E-state index in [0.717, 1.165) is 22.5 Å². The summed E-state index contributed by atoms with van der Waals surface area (Å²) in [6.45, 7) is 3.31. The standard InChI is InChI=1S/C23H20FN5O2/c1-14-10-17(23(31)28(3)19-7-5-18(24)6-8-19)13-29-20(12-26-22(14)29)16-4-9-21(25-11-16)27-15(2)30/h4-13H,1-3H3,(H,25,27,30). The average Bonchev–Trinajstić information content (AvgIpc) is 3.18. The summed E-state index contributed by atoms with van der Waals surface area (Å²) in [5.74, 6) is -0.324. The number of hydrogen-bond donors (Lipinski definition) is 1. The number of nitrogens with zero attached hydrogens (tertiary/aromatic N) is 4. The highest BCUT2D eigenvalue weighted by atomic mass is 19.1. The first kappa shape index (κ1) is 20.2. The van der Waals surface area contributed by atoms with Crippen molar-refractivity contribution in [3.05, 3.63) is 78.0 Å². The molecule has 4 rings (SSSR count). The van der Waals surface area contributed by atoms with Crippen LogP contribution >= 0.6 is 0 Å². The molecule has 0 unspecified atom stereocenters. The number of amides is 2. The first-order valence-corrected chi connectivity index (χ1v) is 9.59. The number of halogens is 1. The molecule has 0 aliphatic heterocycles. The maximum absolute atomic E-state index is 13.2. The summed E-state index contributed by atoms with van der Waals surface area (Å²) < 4.78 is 15.1. The van der Waals surface area contributed by atoms with Crippen LogP contribution in [0.1, 0.15) is 22.8 Å². The number of fused-ring (bicyclic) bond motifs is 1. The molecule has 1 N–H and O–H groups in total. The highest BCUT2D eigenvalue weighted by molar-refractivity contribution is 6.06. The van der Waals surface area contributed by atoms with E-state index in [0.29, 0.717) is 17.1 Å². The molecule has 156 valence electrons. The van der Waals surface area contributed by atoms with Gasteiger partial charge in [-0.25, -0.2) is 14.4 Å². The van der Waals surface area contributed by atoms with Gasteiger partial charge in [-0.3, -0.25) is 14.0 Å². The number of carbonyl (C=O) groups excluding carboxylic acids is 2. The van der Waals surface area contributed by atoms with Crippen molar-refractivity contribution < 1.29 is 14.0 Å². The van der Waals surface area contributed by atoms with E-state index in [1.54, 1.807) is 49.9 Å². The molecule has 7 nitrogen and oxygen atoms in total. The summed E-state index contributed by atoms with van der Waals surface area (Å²) in [6, 6.07) is 11.1. The van der Waals surface area contributed by atoms with Crippen molar-refractivity contribution in [2.24, 2.45) is 0 Å². The molecule has 3 aromatic heterocycles. The molecule has 4 aromatic rings. The van der Waals surface area contributed by atoms with E-state index in [9.17, 15) is 14.0 Å². The number of pyridine rings is 2. The molecule has 0 fully saturated rings. The maximum Gasteiger partial charge on any atom is 0.259 e. The first-order chi connectivity index (χ1) is 14.8. The van der Waals surface area contributed by atoms with Crippen molar-refractivity contribution in [3.8, 4) is 11.3 Å². The fourth-order valence-electron chi connectivity index (χ4n) is 3.36. The fraction of sp³-hybridized carbons (Fsp3) is 0.130. The Labute approximate surface area is 178 Å². The van der Waals surface area contributed by atoms with Crippen LogP contribution in [0.15, 0.2) is 61.1 Å².